The van der Waals surface area contributed by atoms with Gasteiger partial charge in [0.25, 0.3) is 5.56 Å². The minimum absolute atomic E-state index is 0.145. The number of hydrogen-bond donors (Lipinski definition) is 2. The molecule has 0 saturated carbocycles. The molecule has 1 saturated heterocycles. The van der Waals surface area contributed by atoms with Gasteiger partial charge < -0.3 is 33.1 Å². The highest BCUT2D eigenvalue weighted by Crippen LogP contribution is 2.45. The van der Waals surface area contributed by atoms with Gasteiger partial charge in [0, 0.05) is 12.3 Å². The number of likely N-dealkylation sites (N-methyl/N-ethyl adjacent to an activating group) is 1. The maximum atomic E-state index is 13.1. The molecule has 1 aliphatic heterocycles. The largest absolute Gasteiger partial charge is 0.472 e. The monoisotopic (exact) mass is 762 g/mol. The van der Waals surface area contributed by atoms with E-state index in [9.17, 15) is 38.2 Å². The number of H-pyrrole nitrogens is 1. The second-order valence-electron chi connectivity index (χ2n) is 12.7. The summed E-state index contributed by atoms with van der Waals surface area (Å²) in [6.45, 7) is -0.962. The van der Waals surface area contributed by atoms with Crippen molar-refractivity contribution in [1.82, 2.24) is 9.55 Å². The zero-order valence-electron chi connectivity index (χ0n) is 29.2. The molecule has 19 heteroatoms. The fourth-order valence-corrected chi connectivity index (χ4v) is 5.52. The van der Waals surface area contributed by atoms with Gasteiger partial charge >= 0.3 is 37.4 Å². The van der Waals surface area contributed by atoms with E-state index in [4.69, 9.17) is 32.7 Å². The first kappa shape index (κ1) is 40.8. The second kappa shape index (κ2) is 18.7. The highest BCUT2D eigenvalue weighted by atomic mass is 31.2. The first-order valence-electron chi connectivity index (χ1n) is 16.3. The summed E-state index contributed by atoms with van der Waals surface area (Å²) >= 11 is 0. The summed E-state index contributed by atoms with van der Waals surface area (Å²) in [6.07, 6.45) is -7.50. The van der Waals surface area contributed by atoms with E-state index >= 15 is 0 Å². The molecule has 0 bridgehead atoms. The number of aromatic amines is 1. The predicted molar refractivity (Wildman–Crippen MR) is 181 cm³/mol. The fraction of sp³-hybridized carbons (Fsp3) is 0.412. The van der Waals surface area contributed by atoms with Gasteiger partial charge in [-0.1, -0.05) is 60.7 Å². The van der Waals surface area contributed by atoms with Crippen LogP contribution >= 0.6 is 7.82 Å². The molecule has 2 aromatic carbocycles. The summed E-state index contributed by atoms with van der Waals surface area (Å²) in [7, 11) is 0.746. The first-order chi connectivity index (χ1) is 25.1. The Balaban J connectivity index is 1.55. The van der Waals surface area contributed by atoms with Crippen molar-refractivity contribution in [3.05, 3.63) is 105 Å². The molecule has 2 heterocycles. The fourth-order valence-electron chi connectivity index (χ4n) is 4.80. The lowest BCUT2D eigenvalue weighted by Gasteiger charge is -2.25. The molecule has 1 aliphatic rings. The van der Waals surface area contributed by atoms with Crippen LogP contribution < -0.4 is 11.2 Å². The third kappa shape index (κ3) is 13.5. The van der Waals surface area contributed by atoms with Crippen LogP contribution in [-0.2, 0) is 69.7 Å². The van der Waals surface area contributed by atoms with E-state index in [0.717, 1.165) is 16.8 Å². The molecule has 286 valence electrons. The Kier molecular flexibility index (Phi) is 14.4. The Morgan fingerprint density at radius 1 is 0.792 bits per heavy atom. The Hall–Kier alpha value is -4.97. The lowest BCUT2D eigenvalue weighted by Crippen LogP contribution is -2.43. The predicted octanol–water partition coefficient (Wildman–Crippen LogP) is 1.36. The molecule has 0 amide bonds. The number of rotatable bonds is 18. The average molecular weight is 763 g/mol. The van der Waals surface area contributed by atoms with E-state index in [1.165, 1.54) is 0 Å². The minimum Gasteiger partial charge on any atom is -0.460 e. The molecule has 1 fully saturated rings. The van der Waals surface area contributed by atoms with Crippen molar-refractivity contribution in [3.63, 3.8) is 0 Å². The molecule has 0 radical (unpaired) electrons. The smallest absolute Gasteiger partial charge is 0.460 e. The minimum atomic E-state index is -4.75. The molecular formula is C34H41N3O15P+. The maximum absolute atomic E-state index is 13.1. The standard InChI is InChI=1S/C34H40N3O15P/c1-37(2,3)16-17-48-53(44,45)49-22-25-31(51-29(41)18-27(39)46-20-23-10-6-4-7-11-23)32(33(50-25)36-15-14-26(38)35-34(36)43)52-30(42)19-28(40)47-21-24-12-8-5-9-13-24/h4-15,25,31-33H,16-22H2,1-3H3,(H-,35,38,43,44,45)/p+1. The molecule has 3 aromatic rings. The molecule has 0 aliphatic carbocycles. The van der Waals surface area contributed by atoms with Gasteiger partial charge in [0.15, 0.2) is 18.4 Å². The van der Waals surface area contributed by atoms with Gasteiger partial charge in [0.1, 0.15) is 45.3 Å². The van der Waals surface area contributed by atoms with Gasteiger partial charge in [-0.25, -0.2) is 9.36 Å². The van der Waals surface area contributed by atoms with Crippen LogP contribution in [0.2, 0.25) is 0 Å². The number of phosphoric acid groups is 1. The van der Waals surface area contributed by atoms with E-state index in [2.05, 4.69) is 0 Å². The highest BCUT2D eigenvalue weighted by Gasteiger charge is 2.52. The van der Waals surface area contributed by atoms with Crippen LogP contribution in [0.1, 0.15) is 30.2 Å². The maximum Gasteiger partial charge on any atom is 0.472 e. The Labute approximate surface area is 303 Å². The number of aromatic nitrogens is 2. The Bertz CT molecular complexity index is 1880. The van der Waals surface area contributed by atoms with Gasteiger partial charge in [-0.05, 0) is 11.1 Å². The molecule has 5 atom stereocenters. The van der Waals surface area contributed by atoms with Crippen LogP contribution in [-0.4, -0.2) is 102 Å². The number of nitrogens with one attached hydrogen (secondary N) is 1. The number of esters is 4. The Morgan fingerprint density at radius 2 is 1.32 bits per heavy atom. The summed E-state index contributed by atoms with van der Waals surface area (Å²) in [5, 5.41) is 0. The number of phosphoric ester groups is 1. The van der Waals surface area contributed by atoms with Crippen molar-refractivity contribution >= 4 is 31.7 Å². The van der Waals surface area contributed by atoms with Gasteiger partial charge in [-0.15, -0.1) is 0 Å². The van der Waals surface area contributed by atoms with Crippen molar-refractivity contribution in [3.8, 4) is 0 Å². The lowest BCUT2D eigenvalue weighted by atomic mass is 10.1. The normalized spacial score (nSPS) is 19.5. The molecule has 0 spiro atoms. The molecular weight excluding hydrogens is 721 g/mol. The summed E-state index contributed by atoms with van der Waals surface area (Å²) in [5.74, 6) is -4.33. The number of carbonyl (C=O) groups excluding carboxylic acids is 4. The Morgan fingerprint density at radius 3 is 1.83 bits per heavy atom. The third-order valence-electron chi connectivity index (χ3n) is 7.43. The summed E-state index contributed by atoms with van der Waals surface area (Å²) in [5.41, 5.74) is -0.506. The van der Waals surface area contributed by atoms with Crippen molar-refractivity contribution in [2.24, 2.45) is 0 Å². The number of ether oxygens (including phenoxy) is 5. The number of benzene rings is 2. The van der Waals surface area contributed by atoms with Crippen molar-refractivity contribution in [1.29, 1.82) is 0 Å². The van der Waals surface area contributed by atoms with Gasteiger partial charge in [-0.3, -0.25) is 42.6 Å². The van der Waals surface area contributed by atoms with E-state index in [-0.39, 0.29) is 19.8 Å². The van der Waals surface area contributed by atoms with Crippen molar-refractivity contribution < 1.29 is 65.9 Å². The van der Waals surface area contributed by atoms with Crippen LogP contribution in [0.15, 0.2) is 82.5 Å². The molecule has 53 heavy (non-hydrogen) atoms. The second-order valence-corrected chi connectivity index (χ2v) is 14.2. The molecule has 1 aromatic heterocycles. The summed E-state index contributed by atoms with van der Waals surface area (Å²) < 4.78 is 51.5. The lowest BCUT2D eigenvalue weighted by molar-refractivity contribution is -0.870. The van der Waals surface area contributed by atoms with Crippen molar-refractivity contribution in [2.45, 2.75) is 50.6 Å². The van der Waals surface area contributed by atoms with Crippen molar-refractivity contribution in [2.75, 3.05) is 40.9 Å². The van der Waals surface area contributed by atoms with E-state index < -0.39 is 86.9 Å². The number of hydrogen-bond acceptors (Lipinski definition) is 14. The average Bonchev–Trinajstić information content (AvgIpc) is 3.41. The zero-order chi connectivity index (χ0) is 38.6. The molecule has 5 unspecified atom stereocenters. The van der Waals surface area contributed by atoms with Gasteiger partial charge in [0.05, 0.1) is 27.7 Å². The van der Waals surface area contributed by atoms with E-state index in [1.807, 2.05) is 26.1 Å². The number of nitrogens with zero attached hydrogens (tertiary/aromatic N) is 2. The number of carbonyl (C=O) groups is 4. The number of quaternary nitrogens is 1. The highest BCUT2D eigenvalue weighted by molar-refractivity contribution is 7.47. The third-order valence-corrected chi connectivity index (χ3v) is 8.41. The zero-order valence-corrected chi connectivity index (χ0v) is 30.1. The molecule has 2 N–H and O–H groups in total. The van der Waals surface area contributed by atoms with Crippen LogP contribution in [0.3, 0.4) is 0 Å². The summed E-state index contributed by atoms with van der Waals surface area (Å²) in [6, 6.07) is 18.2. The molecule has 4 rings (SSSR count). The summed E-state index contributed by atoms with van der Waals surface area (Å²) in [4.78, 5) is 88.3. The van der Waals surface area contributed by atoms with Crippen LogP contribution in [0.5, 0.6) is 0 Å². The van der Waals surface area contributed by atoms with Gasteiger partial charge in [-0.2, -0.15) is 0 Å². The van der Waals surface area contributed by atoms with Crippen LogP contribution in [0.4, 0.5) is 0 Å². The van der Waals surface area contributed by atoms with E-state index in [1.54, 1.807) is 60.7 Å². The van der Waals surface area contributed by atoms with Crippen LogP contribution in [0.25, 0.3) is 0 Å². The first-order valence-corrected chi connectivity index (χ1v) is 17.8. The topological polar surface area (TPSA) is 225 Å². The van der Waals surface area contributed by atoms with E-state index in [0.29, 0.717) is 22.2 Å². The van der Waals surface area contributed by atoms with Gasteiger partial charge in [0.2, 0.25) is 0 Å². The molecule has 18 nitrogen and oxygen atoms in total. The van der Waals surface area contributed by atoms with Crippen LogP contribution in [0, 0.1) is 0 Å². The SMILES string of the molecule is C[N+](C)(C)CCOP(=O)(O)OCC1OC(n2ccc(=O)[nH]c2=O)C(OC(=O)CC(=O)OCc2ccccc2)C1OC(=O)CC(=O)OCc1ccccc1. The quantitative estimate of drug-likeness (QED) is 0.0614.